The van der Waals surface area contributed by atoms with E-state index in [0.29, 0.717) is 5.75 Å². The summed E-state index contributed by atoms with van der Waals surface area (Å²) in [5.74, 6) is -0.565. The molecule has 1 N–H and O–H groups in total. The monoisotopic (exact) mass is 490 g/mol. The van der Waals surface area contributed by atoms with E-state index in [9.17, 15) is 18.0 Å². The molecule has 184 valence electrons. The number of morpholine rings is 1. The van der Waals surface area contributed by atoms with Crippen LogP contribution in [-0.2, 0) is 24.3 Å². The first-order valence-electron chi connectivity index (χ1n) is 11.0. The second-order valence-corrected chi connectivity index (χ2v) is 10.1. The van der Waals surface area contributed by atoms with Crippen LogP contribution in [-0.4, -0.2) is 69.7 Å². The van der Waals surface area contributed by atoms with Crippen molar-refractivity contribution in [3.8, 4) is 5.75 Å². The molecule has 1 aliphatic rings. The highest BCUT2D eigenvalue weighted by molar-refractivity contribution is 7.89. The van der Waals surface area contributed by atoms with E-state index in [1.165, 1.54) is 28.6 Å². The fourth-order valence-corrected chi connectivity index (χ4v) is 5.23. The molecule has 0 saturated carbocycles. The number of hydrogen-bond acceptors (Lipinski definition) is 7. The number of carbonyl (C=O) groups is 2. The third-order valence-corrected chi connectivity index (χ3v) is 6.94. The minimum atomic E-state index is -3.80. The van der Waals surface area contributed by atoms with E-state index in [1.54, 1.807) is 0 Å². The molecule has 0 aromatic heterocycles. The number of rotatable bonds is 9. The van der Waals surface area contributed by atoms with Crippen molar-refractivity contribution in [2.75, 3.05) is 32.8 Å². The summed E-state index contributed by atoms with van der Waals surface area (Å²) in [5, 5.41) is 2.61. The highest BCUT2D eigenvalue weighted by Gasteiger charge is 2.32. The van der Waals surface area contributed by atoms with Crippen LogP contribution in [0.1, 0.15) is 29.8 Å². The highest BCUT2D eigenvalue weighted by Crippen LogP contribution is 2.22. The number of aryl methyl sites for hydroxylation is 1. The van der Waals surface area contributed by atoms with Gasteiger partial charge in [-0.3, -0.25) is 4.79 Å². The van der Waals surface area contributed by atoms with Crippen LogP contribution in [0.5, 0.6) is 5.75 Å². The van der Waals surface area contributed by atoms with Gasteiger partial charge in [0.2, 0.25) is 10.0 Å². The Balaban J connectivity index is 1.49. The van der Waals surface area contributed by atoms with Gasteiger partial charge >= 0.3 is 5.97 Å². The molecule has 34 heavy (non-hydrogen) atoms. The van der Waals surface area contributed by atoms with E-state index in [-0.39, 0.29) is 48.9 Å². The van der Waals surface area contributed by atoms with Crippen LogP contribution in [0.15, 0.2) is 53.4 Å². The Morgan fingerprint density at radius 2 is 1.79 bits per heavy atom. The van der Waals surface area contributed by atoms with Gasteiger partial charge < -0.3 is 19.5 Å². The molecular formula is C24H30N2O7S. The van der Waals surface area contributed by atoms with Crippen LogP contribution >= 0.6 is 0 Å². The van der Waals surface area contributed by atoms with Crippen LogP contribution in [0.3, 0.4) is 0 Å². The van der Waals surface area contributed by atoms with E-state index in [0.717, 1.165) is 5.56 Å². The Labute approximate surface area is 200 Å². The average molecular weight is 491 g/mol. The first-order valence-corrected chi connectivity index (χ1v) is 12.5. The molecule has 2 unspecified atom stereocenters. The summed E-state index contributed by atoms with van der Waals surface area (Å²) in [4.78, 5) is 24.4. The molecule has 3 rings (SSSR count). The topological polar surface area (TPSA) is 111 Å². The highest BCUT2D eigenvalue weighted by atomic mass is 32.2. The molecule has 2 aromatic rings. The number of carbonyl (C=O) groups excluding carboxylic acids is 2. The van der Waals surface area contributed by atoms with Gasteiger partial charge in [-0.15, -0.1) is 0 Å². The van der Waals surface area contributed by atoms with Crippen molar-refractivity contribution in [3.63, 3.8) is 0 Å². The molecule has 2 atom stereocenters. The van der Waals surface area contributed by atoms with Gasteiger partial charge in [0, 0.05) is 13.1 Å². The zero-order valence-corrected chi connectivity index (χ0v) is 20.3. The van der Waals surface area contributed by atoms with E-state index >= 15 is 0 Å². The summed E-state index contributed by atoms with van der Waals surface area (Å²) in [6, 6.07) is 13.2. The minimum Gasteiger partial charge on any atom is -0.492 e. The lowest BCUT2D eigenvalue weighted by Gasteiger charge is -2.34. The van der Waals surface area contributed by atoms with Gasteiger partial charge in [0.05, 0.1) is 29.2 Å². The van der Waals surface area contributed by atoms with Gasteiger partial charge in [-0.1, -0.05) is 18.2 Å². The maximum atomic E-state index is 13.0. The average Bonchev–Trinajstić information content (AvgIpc) is 2.80. The van der Waals surface area contributed by atoms with Crippen molar-refractivity contribution in [1.29, 1.82) is 0 Å². The molecule has 10 heteroatoms. The first kappa shape index (κ1) is 25.7. The van der Waals surface area contributed by atoms with Gasteiger partial charge in [0.1, 0.15) is 12.4 Å². The number of nitrogens with one attached hydrogen (secondary N) is 1. The Morgan fingerprint density at radius 1 is 1.09 bits per heavy atom. The Kier molecular flexibility index (Phi) is 8.65. The van der Waals surface area contributed by atoms with Crippen molar-refractivity contribution < 1.29 is 32.2 Å². The normalized spacial score (nSPS) is 18.8. The van der Waals surface area contributed by atoms with Gasteiger partial charge in [0.15, 0.2) is 6.61 Å². The lowest BCUT2D eigenvalue weighted by molar-refractivity contribution is -0.124. The Morgan fingerprint density at radius 3 is 2.50 bits per heavy atom. The lowest BCUT2D eigenvalue weighted by atomic mass is 10.2. The number of esters is 1. The molecule has 2 aromatic carbocycles. The number of amides is 1. The lowest BCUT2D eigenvalue weighted by Crippen LogP contribution is -2.48. The zero-order chi connectivity index (χ0) is 24.7. The fourth-order valence-electron chi connectivity index (χ4n) is 3.59. The standard InChI is InChI=1S/C24H30N2O7S/c1-17-6-4-8-21(12-17)31-11-10-25-23(27)16-32-24(28)20-7-5-9-22(13-20)34(29,30)26-14-18(2)33-19(3)15-26/h4-9,12-13,18-19H,10-11,14-16H2,1-3H3,(H,25,27). The van der Waals surface area contributed by atoms with E-state index in [4.69, 9.17) is 14.2 Å². The molecule has 9 nitrogen and oxygen atoms in total. The van der Waals surface area contributed by atoms with Crippen molar-refractivity contribution in [2.24, 2.45) is 0 Å². The number of sulfonamides is 1. The minimum absolute atomic E-state index is 0.0130. The Hall–Kier alpha value is -2.95. The van der Waals surface area contributed by atoms with Gasteiger partial charge in [-0.05, 0) is 56.7 Å². The predicted octanol–water partition coefficient (Wildman–Crippen LogP) is 2.14. The number of benzene rings is 2. The molecule has 1 fully saturated rings. The van der Waals surface area contributed by atoms with Crippen molar-refractivity contribution in [2.45, 2.75) is 37.9 Å². The maximum absolute atomic E-state index is 13.0. The van der Waals surface area contributed by atoms with E-state index < -0.39 is 28.5 Å². The van der Waals surface area contributed by atoms with Crippen molar-refractivity contribution in [1.82, 2.24) is 9.62 Å². The number of hydrogen-bond donors (Lipinski definition) is 1. The smallest absolute Gasteiger partial charge is 0.338 e. The Bertz CT molecular complexity index is 1110. The molecule has 0 radical (unpaired) electrons. The SMILES string of the molecule is Cc1cccc(OCCNC(=O)COC(=O)c2cccc(S(=O)(=O)N3CC(C)OC(C)C3)c2)c1. The molecule has 1 aliphatic heterocycles. The van der Waals surface area contributed by atoms with Gasteiger partial charge in [-0.2, -0.15) is 4.31 Å². The van der Waals surface area contributed by atoms with E-state index in [1.807, 2.05) is 45.0 Å². The van der Waals surface area contributed by atoms with Gasteiger partial charge in [0.25, 0.3) is 5.91 Å². The van der Waals surface area contributed by atoms with Crippen LogP contribution in [0.2, 0.25) is 0 Å². The molecule has 1 amide bonds. The van der Waals surface area contributed by atoms with Crippen LogP contribution in [0, 0.1) is 6.92 Å². The fraction of sp³-hybridized carbons (Fsp3) is 0.417. The quantitative estimate of drug-likeness (QED) is 0.423. The second-order valence-electron chi connectivity index (χ2n) is 8.20. The summed E-state index contributed by atoms with van der Waals surface area (Å²) in [6.45, 7) is 6.06. The maximum Gasteiger partial charge on any atom is 0.338 e. The molecule has 1 saturated heterocycles. The van der Waals surface area contributed by atoms with Crippen LogP contribution < -0.4 is 10.1 Å². The zero-order valence-electron chi connectivity index (χ0n) is 19.5. The van der Waals surface area contributed by atoms with E-state index in [2.05, 4.69) is 5.32 Å². The summed E-state index contributed by atoms with van der Waals surface area (Å²) < 4.78 is 43.6. The molecule has 0 spiro atoms. The van der Waals surface area contributed by atoms with Crippen LogP contribution in [0.4, 0.5) is 0 Å². The molecule has 1 heterocycles. The largest absolute Gasteiger partial charge is 0.492 e. The third-order valence-electron chi connectivity index (χ3n) is 5.11. The molecular weight excluding hydrogens is 460 g/mol. The summed E-state index contributed by atoms with van der Waals surface area (Å²) >= 11 is 0. The number of nitrogens with zero attached hydrogens (tertiary/aromatic N) is 1. The second kappa shape index (κ2) is 11.5. The molecule has 0 bridgehead atoms. The van der Waals surface area contributed by atoms with Crippen molar-refractivity contribution in [3.05, 3.63) is 59.7 Å². The third kappa shape index (κ3) is 7.02. The molecule has 0 aliphatic carbocycles. The first-order chi connectivity index (χ1) is 16.1. The van der Waals surface area contributed by atoms with Crippen molar-refractivity contribution >= 4 is 21.9 Å². The summed E-state index contributed by atoms with van der Waals surface area (Å²) in [7, 11) is -3.80. The summed E-state index contributed by atoms with van der Waals surface area (Å²) in [5.41, 5.74) is 1.12. The predicted molar refractivity (Wildman–Crippen MR) is 125 cm³/mol. The van der Waals surface area contributed by atoms with Gasteiger partial charge in [-0.25, -0.2) is 13.2 Å². The number of ether oxygens (including phenoxy) is 3. The summed E-state index contributed by atoms with van der Waals surface area (Å²) in [6.07, 6.45) is -0.459. The van der Waals surface area contributed by atoms with Crippen LogP contribution in [0.25, 0.3) is 0 Å².